The molecule has 0 fully saturated rings. The van der Waals surface area contributed by atoms with E-state index in [1.165, 1.54) is 10.8 Å². The lowest BCUT2D eigenvalue weighted by Crippen LogP contribution is -2.39. The first-order valence-electron chi connectivity index (χ1n) is 6.70. The van der Waals surface area contributed by atoms with Gasteiger partial charge in [-0.3, -0.25) is 10.9 Å². The van der Waals surface area contributed by atoms with Gasteiger partial charge in [0.15, 0.2) is 0 Å². The molecule has 0 amide bonds. The van der Waals surface area contributed by atoms with Crippen LogP contribution in [0.5, 0.6) is 0 Å². The molecule has 0 bridgehead atoms. The first-order valence-corrected chi connectivity index (χ1v) is 6.70. The summed E-state index contributed by atoms with van der Waals surface area (Å²) < 4.78 is 0. The van der Waals surface area contributed by atoms with E-state index in [-0.39, 0.29) is 0 Å². The minimum atomic E-state index is 0.822. The van der Waals surface area contributed by atoms with E-state index in [1.54, 1.807) is 5.01 Å². The average Bonchev–Trinajstić information content (AvgIpc) is 2.55. The Balaban J connectivity index is 0.000000194. The molecule has 4 nitrogen and oxygen atoms in total. The van der Waals surface area contributed by atoms with Gasteiger partial charge in [-0.2, -0.15) is 5.53 Å². The number of nitrogens with zero attached hydrogens (tertiary/aromatic N) is 1. The van der Waals surface area contributed by atoms with E-state index < -0.39 is 0 Å². The third-order valence-electron chi connectivity index (χ3n) is 3.12. The standard InChI is InChI=1S/C11H13N3.C6H7N/c1-14(13-12)11-8-4-6-9-5-2-3-7-10(9)11;7-6-4-2-1-3-5-6/h2-8,13H,12H2,1H3;1-5H,7H2. The van der Waals surface area contributed by atoms with Gasteiger partial charge in [-0.25, -0.2) is 0 Å². The number of benzene rings is 3. The first kappa shape index (κ1) is 14.8. The first-order chi connectivity index (χ1) is 10.2. The molecule has 0 atom stereocenters. The predicted octanol–water partition coefficient (Wildman–Crippen LogP) is 2.92. The van der Waals surface area contributed by atoms with Crippen molar-refractivity contribution in [3.63, 3.8) is 0 Å². The molecule has 21 heavy (non-hydrogen) atoms. The van der Waals surface area contributed by atoms with Gasteiger partial charge in [0.2, 0.25) is 0 Å². The largest absolute Gasteiger partial charge is 0.399 e. The number of nitrogens with two attached hydrogens (primary N) is 2. The summed E-state index contributed by atoms with van der Waals surface area (Å²) in [6, 6.07) is 23.8. The molecule has 5 N–H and O–H groups in total. The Labute approximate surface area is 124 Å². The summed E-state index contributed by atoms with van der Waals surface area (Å²) in [6.45, 7) is 0. The fraction of sp³-hybridized carbons (Fsp3) is 0.0588. The van der Waals surface area contributed by atoms with E-state index in [9.17, 15) is 0 Å². The second-order valence-corrected chi connectivity index (χ2v) is 4.60. The summed E-state index contributed by atoms with van der Waals surface area (Å²) >= 11 is 0. The van der Waals surface area contributed by atoms with Crippen LogP contribution in [0.25, 0.3) is 10.8 Å². The molecule has 0 aliphatic rings. The highest BCUT2D eigenvalue weighted by Gasteiger charge is 2.02. The van der Waals surface area contributed by atoms with Gasteiger partial charge in [0.05, 0.1) is 5.69 Å². The van der Waals surface area contributed by atoms with Crippen molar-refractivity contribution in [2.45, 2.75) is 0 Å². The van der Waals surface area contributed by atoms with Crippen LogP contribution in [0.4, 0.5) is 11.4 Å². The number of para-hydroxylation sites is 1. The average molecular weight is 280 g/mol. The van der Waals surface area contributed by atoms with Crippen molar-refractivity contribution in [3.05, 3.63) is 72.8 Å². The molecule has 3 aromatic carbocycles. The molecular weight excluding hydrogens is 260 g/mol. The van der Waals surface area contributed by atoms with Gasteiger partial charge < -0.3 is 5.73 Å². The third kappa shape index (κ3) is 3.95. The number of hydrazine groups is 2. The molecule has 0 unspecified atom stereocenters. The van der Waals surface area contributed by atoms with E-state index in [4.69, 9.17) is 11.6 Å². The van der Waals surface area contributed by atoms with E-state index in [2.05, 4.69) is 23.7 Å². The molecular formula is C17H20N4. The minimum Gasteiger partial charge on any atom is -0.399 e. The maximum Gasteiger partial charge on any atom is 0.0608 e. The summed E-state index contributed by atoms with van der Waals surface area (Å²) in [6.07, 6.45) is 0. The van der Waals surface area contributed by atoms with E-state index >= 15 is 0 Å². The number of hydrogen-bond donors (Lipinski definition) is 3. The van der Waals surface area contributed by atoms with Gasteiger partial charge in [0.25, 0.3) is 0 Å². The maximum absolute atomic E-state index is 5.37. The Hall–Kier alpha value is -2.56. The van der Waals surface area contributed by atoms with Crippen LogP contribution in [0.15, 0.2) is 72.8 Å². The molecule has 0 aliphatic carbocycles. The Morgan fingerprint density at radius 1 is 0.810 bits per heavy atom. The third-order valence-corrected chi connectivity index (χ3v) is 3.12. The van der Waals surface area contributed by atoms with Crippen LogP contribution in [0.2, 0.25) is 0 Å². The molecule has 0 spiro atoms. The molecule has 0 radical (unpaired) electrons. The van der Waals surface area contributed by atoms with Gasteiger partial charge in [0, 0.05) is 18.1 Å². The smallest absolute Gasteiger partial charge is 0.0608 e. The van der Waals surface area contributed by atoms with Crippen molar-refractivity contribution in [2.75, 3.05) is 17.8 Å². The van der Waals surface area contributed by atoms with Crippen molar-refractivity contribution in [1.82, 2.24) is 5.53 Å². The highest BCUT2D eigenvalue weighted by Crippen LogP contribution is 2.24. The van der Waals surface area contributed by atoms with Crippen LogP contribution in [-0.4, -0.2) is 7.05 Å². The lowest BCUT2D eigenvalue weighted by Gasteiger charge is -2.18. The topological polar surface area (TPSA) is 67.3 Å². The van der Waals surface area contributed by atoms with Crippen molar-refractivity contribution in [3.8, 4) is 0 Å². The van der Waals surface area contributed by atoms with Crippen LogP contribution in [0, 0.1) is 0 Å². The fourth-order valence-electron chi connectivity index (χ4n) is 2.02. The van der Waals surface area contributed by atoms with Gasteiger partial charge >= 0.3 is 0 Å². The molecule has 3 rings (SSSR count). The van der Waals surface area contributed by atoms with Crippen LogP contribution in [-0.2, 0) is 0 Å². The second kappa shape index (κ2) is 7.28. The normalized spacial score (nSPS) is 9.81. The Kier molecular flexibility index (Phi) is 5.15. The minimum absolute atomic E-state index is 0.822. The van der Waals surface area contributed by atoms with Gasteiger partial charge in [0.1, 0.15) is 0 Å². The van der Waals surface area contributed by atoms with E-state index in [1.807, 2.05) is 61.6 Å². The summed E-state index contributed by atoms with van der Waals surface area (Å²) in [5.74, 6) is 5.37. The van der Waals surface area contributed by atoms with E-state index in [0.717, 1.165) is 11.4 Å². The summed E-state index contributed by atoms with van der Waals surface area (Å²) in [7, 11) is 1.89. The quantitative estimate of drug-likeness (QED) is 0.383. The molecule has 3 aromatic rings. The lowest BCUT2D eigenvalue weighted by molar-refractivity contribution is 0.724. The zero-order valence-corrected chi connectivity index (χ0v) is 12.0. The Morgan fingerprint density at radius 2 is 1.43 bits per heavy atom. The molecule has 0 aromatic heterocycles. The number of nitrogens with one attached hydrogen (secondary N) is 1. The highest BCUT2D eigenvalue weighted by molar-refractivity contribution is 5.93. The molecule has 0 aliphatic heterocycles. The second-order valence-electron chi connectivity index (χ2n) is 4.60. The summed E-state index contributed by atoms with van der Waals surface area (Å²) in [5, 5.41) is 4.20. The van der Waals surface area contributed by atoms with Crippen LogP contribution in [0.1, 0.15) is 0 Å². The Morgan fingerprint density at radius 3 is 2.05 bits per heavy atom. The van der Waals surface area contributed by atoms with Gasteiger partial charge in [-0.1, -0.05) is 54.6 Å². The fourth-order valence-corrected chi connectivity index (χ4v) is 2.02. The van der Waals surface area contributed by atoms with Crippen LogP contribution in [0.3, 0.4) is 0 Å². The lowest BCUT2D eigenvalue weighted by atomic mass is 10.1. The molecule has 0 saturated heterocycles. The Bertz CT molecular complexity index is 677. The van der Waals surface area contributed by atoms with Gasteiger partial charge in [-0.05, 0) is 23.6 Å². The molecule has 4 heteroatoms. The number of rotatable bonds is 2. The van der Waals surface area contributed by atoms with Crippen molar-refractivity contribution >= 4 is 22.1 Å². The molecule has 0 heterocycles. The predicted molar refractivity (Wildman–Crippen MR) is 90.5 cm³/mol. The SMILES string of the molecule is CN(NN)c1cccc2ccccc12.Nc1ccccc1. The highest BCUT2D eigenvalue weighted by atomic mass is 15.6. The number of hydrogen-bond acceptors (Lipinski definition) is 4. The monoisotopic (exact) mass is 280 g/mol. The van der Waals surface area contributed by atoms with Crippen molar-refractivity contribution in [1.29, 1.82) is 0 Å². The maximum atomic E-state index is 5.37. The van der Waals surface area contributed by atoms with Crippen LogP contribution >= 0.6 is 0 Å². The number of fused-ring (bicyclic) bond motifs is 1. The molecule has 0 saturated carbocycles. The van der Waals surface area contributed by atoms with Crippen molar-refractivity contribution < 1.29 is 0 Å². The van der Waals surface area contributed by atoms with E-state index in [0.29, 0.717) is 0 Å². The summed E-state index contributed by atoms with van der Waals surface area (Å²) in [5.41, 5.74) is 9.86. The van der Waals surface area contributed by atoms with Crippen LogP contribution < -0.4 is 22.1 Å². The zero-order chi connectivity index (χ0) is 15.1. The van der Waals surface area contributed by atoms with Gasteiger partial charge in [-0.15, -0.1) is 0 Å². The summed E-state index contributed by atoms with van der Waals surface area (Å²) in [4.78, 5) is 0. The number of nitrogen functional groups attached to an aromatic ring is 1. The number of anilines is 2. The zero-order valence-electron chi connectivity index (χ0n) is 12.0. The van der Waals surface area contributed by atoms with Crippen molar-refractivity contribution in [2.24, 2.45) is 5.84 Å². The molecule has 108 valence electrons.